The van der Waals surface area contributed by atoms with Gasteiger partial charge in [-0.15, -0.1) is 0 Å². The Balaban J connectivity index is 2.63. The summed E-state index contributed by atoms with van der Waals surface area (Å²) in [5, 5.41) is 3.36. The Bertz CT molecular complexity index is 458. The summed E-state index contributed by atoms with van der Waals surface area (Å²) in [6.07, 6.45) is 7.46. The van der Waals surface area contributed by atoms with E-state index in [4.69, 9.17) is 0 Å². The predicted octanol–water partition coefficient (Wildman–Crippen LogP) is 4.20. The molecule has 0 aliphatic carbocycles. The fraction of sp³-hybridized carbons (Fsp3) is 0.389. The van der Waals surface area contributed by atoms with E-state index < -0.39 is 0 Å². The van der Waals surface area contributed by atoms with Gasteiger partial charge >= 0.3 is 0 Å². The molecule has 1 aromatic carbocycles. The molecule has 0 bridgehead atoms. The van der Waals surface area contributed by atoms with E-state index in [1.54, 1.807) is 12.2 Å². The Morgan fingerprint density at radius 2 is 1.95 bits per heavy atom. The summed E-state index contributed by atoms with van der Waals surface area (Å²) < 4.78 is 0. The second kappa shape index (κ2) is 9.13. The molecule has 0 atom stereocenters. The summed E-state index contributed by atoms with van der Waals surface area (Å²) in [6, 6.07) is 9.86. The van der Waals surface area contributed by atoms with E-state index in [0.717, 1.165) is 30.6 Å². The lowest BCUT2D eigenvalue weighted by atomic mass is 10.1. The number of nitrogens with one attached hydrogen (secondary N) is 1. The lowest BCUT2D eigenvalue weighted by molar-refractivity contribution is -0.110. The minimum Gasteiger partial charge on any atom is -0.388 e. The van der Waals surface area contributed by atoms with Crippen molar-refractivity contribution >= 4 is 11.9 Å². The topological polar surface area (TPSA) is 29.1 Å². The second-order valence-corrected chi connectivity index (χ2v) is 5.18. The lowest BCUT2D eigenvalue weighted by Gasteiger charge is -2.13. The molecule has 20 heavy (non-hydrogen) atoms. The molecule has 0 saturated heterocycles. The highest BCUT2D eigenvalue weighted by Crippen LogP contribution is 2.07. The van der Waals surface area contributed by atoms with Crippen molar-refractivity contribution in [2.24, 2.45) is 5.92 Å². The Labute approximate surface area is 122 Å². The monoisotopic (exact) mass is 271 g/mol. The van der Waals surface area contributed by atoms with Crippen LogP contribution >= 0.6 is 0 Å². The maximum atomic E-state index is 12.0. The van der Waals surface area contributed by atoms with Crippen LogP contribution in [0.5, 0.6) is 0 Å². The molecule has 0 radical (unpaired) electrons. The van der Waals surface area contributed by atoms with E-state index >= 15 is 0 Å². The van der Waals surface area contributed by atoms with Crippen LogP contribution in [0.25, 0.3) is 6.08 Å². The maximum Gasteiger partial charge on any atom is 0.180 e. The third-order valence-corrected chi connectivity index (χ3v) is 3.02. The smallest absolute Gasteiger partial charge is 0.180 e. The van der Waals surface area contributed by atoms with Gasteiger partial charge in [-0.3, -0.25) is 4.79 Å². The largest absolute Gasteiger partial charge is 0.388 e. The van der Waals surface area contributed by atoms with E-state index in [2.05, 4.69) is 26.1 Å². The van der Waals surface area contributed by atoms with Crippen molar-refractivity contribution in [2.75, 3.05) is 6.54 Å². The van der Waals surface area contributed by atoms with Gasteiger partial charge in [0.1, 0.15) is 0 Å². The van der Waals surface area contributed by atoms with Crippen molar-refractivity contribution in [1.29, 1.82) is 0 Å². The van der Waals surface area contributed by atoms with Crippen LogP contribution in [0.2, 0.25) is 0 Å². The van der Waals surface area contributed by atoms with Gasteiger partial charge in [0, 0.05) is 18.3 Å². The molecule has 0 spiro atoms. The number of rotatable bonds is 8. The highest BCUT2D eigenvalue weighted by molar-refractivity contribution is 6.02. The van der Waals surface area contributed by atoms with Crippen molar-refractivity contribution < 1.29 is 4.79 Å². The van der Waals surface area contributed by atoms with Crippen LogP contribution in [0.15, 0.2) is 48.2 Å². The van der Waals surface area contributed by atoms with Gasteiger partial charge in [0.15, 0.2) is 5.78 Å². The first-order valence-electron chi connectivity index (χ1n) is 7.36. The van der Waals surface area contributed by atoms with Crippen LogP contribution in [0.1, 0.15) is 39.2 Å². The molecular weight excluding hydrogens is 246 g/mol. The van der Waals surface area contributed by atoms with Crippen molar-refractivity contribution in [2.45, 2.75) is 33.6 Å². The van der Waals surface area contributed by atoms with E-state index in [1.165, 1.54) is 0 Å². The second-order valence-electron chi connectivity index (χ2n) is 5.18. The van der Waals surface area contributed by atoms with Crippen molar-refractivity contribution in [1.82, 2.24) is 5.32 Å². The number of ketones is 1. The van der Waals surface area contributed by atoms with Crippen LogP contribution < -0.4 is 5.32 Å². The van der Waals surface area contributed by atoms with Gasteiger partial charge in [0.2, 0.25) is 0 Å². The Morgan fingerprint density at radius 3 is 2.55 bits per heavy atom. The first kappa shape index (κ1) is 16.2. The number of unbranched alkanes of at least 4 members (excludes halogenated alkanes) is 1. The zero-order valence-corrected chi connectivity index (χ0v) is 12.7. The molecule has 0 amide bonds. The fourth-order valence-electron chi connectivity index (χ4n) is 1.78. The fourth-order valence-corrected chi connectivity index (χ4v) is 1.78. The number of benzene rings is 1. The van der Waals surface area contributed by atoms with Gasteiger partial charge in [0.25, 0.3) is 0 Å². The highest BCUT2D eigenvalue weighted by atomic mass is 16.1. The molecule has 1 N–H and O–H groups in total. The van der Waals surface area contributed by atoms with Gasteiger partial charge < -0.3 is 5.32 Å². The summed E-state index contributed by atoms with van der Waals surface area (Å²) in [5.74, 6) is 0.363. The summed E-state index contributed by atoms with van der Waals surface area (Å²) in [7, 11) is 0. The van der Waals surface area contributed by atoms with Crippen LogP contribution in [0, 0.1) is 5.92 Å². The van der Waals surface area contributed by atoms with Crippen LogP contribution in [-0.2, 0) is 4.79 Å². The van der Waals surface area contributed by atoms with Crippen LogP contribution in [0.3, 0.4) is 0 Å². The molecule has 1 aromatic rings. The highest BCUT2D eigenvalue weighted by Gasteiger charge is 2.04. The number of carbonyl (C=O) groups excluding carboxylic acids is 1. The molecule has 2 heteroatoms. The summed E-state index contributed by atoms with van der Waals surface area (Å²) >= 11 is 0. The van der Waals surface area contributed by atoms with Crippen LogP contribution in [0.4, 0.5) is 0 Å². The third-order valence-electron chi connectivity index (χ3n) is 3.02. The molecule has 0 heterocycles. The molecule has 1 rings (SSSR count). The Hall–Kier alpha value is -1.83. The third kappa shape index (κ3) is 6.37. The zero-order chi connectivity index (χ0) is 14.8. The molecule has 0 aromatic heterocycles. The van der Waals surface area contributed by atoms with Gasteiger partial charge in [-0.2, -0.15) is 0 Å². The van der Waals surface area contributed by atoms with E-state index in [0.29, 0.717) is 5.92 Å². The Morgan fingerprint density at radius 1 is 1.25 bits per heavy atom. The first-order chi connectivity index (χ1) is 9.63. The minimum absolute atomic E-state index is 0.0292. The quantitative estimate of drug-likeness (QED) is 0.567. The SMILES string of the molecule is CCCCNC(=CC(=O)C=Cc1ccccc1)C(C)C. The molecule has 0 unspecified atom stereocenters. The van der Waals surface area contributed by atoms with E-state index in [9.17, 15) is 4.79 Å². The van der Waals surface area contributed by atoms with Gasteiger partial charge in [-0.1, -0.05) is 63.6 Å². The number of hydrogen-bond acceptors (Lipinski definition) is 2. The summed E-state index contributed by atoms with van der Waals surface area (Å²) in [5.41, 5.74) is 2.06. The van der Waals surface area contributed by atoms with E-state index in [1.807, 2.05) is 36.4 Å². The molecule has 0 saturated carbocycles. The first-order valence-corrected chi connectivity index (χ1v) is 7.36. The average molecular weight is 271 g/mol. The molecule has 0 aliphatic heterocycles. The zero-order valence-electron chi connectivity index (χ0n) is 12.7. The van der Waals surface area contributed by atoms with Crippen LogP contribution in [-0.4, -0.2) is 12.3 Å². The number of hydrogen-bond donors (Lipinski definition) is 1. The maximum absolute atomic E-state index is 12.0. The normalized spacial score (nSPS) is 12.1. The van der Waals surface area contributed by atoms with Crippen molar-refractivity contribution in [3.8, 4) is 0 Å². The standard InChI is InChI=1S/C18H25NO/c1-4-5-13-19-18(15(2)3)14-17(20)12-11-16-9-7-6-8-10-16/h6-12,14-15,19H,4-5,13H2,1-3H3. The molecule has 0 fully saturated rings. The number of allylic oxidation sites excluding steroid dienone is 3. The van der Waals surface area contributed by atoms with Gasteiger partial charge in [-0.05, 0) is 24.0 Å². The molecule has 0 aliphatic rings. The lowest BCUT2D eigenvalue weighted by Crippen LogP contribution is -2.19. The van der Waals surface area contributed by atoms with Crippen molar-refractivity contribution in [3.05, 3.63) is 53.7 Å². The molecule has 108 valence electrons. The van der Waals surface area contributed by atoms with Gasteiger partial charge in [-0.25, -0.2) is 0 Å². The minimum atomic E-state index is 0.0292. The summed E-state index contributed by atoms with van der Waals surface area (Å²) in [6.45, 7) is 7.28. The molecular formula is C18H25NO. The van der Waals surface area contributed by atoms with E-state index in [-0.39, 0.29) is 5.78 Å². The van der Waals surface area contributed by atoms with Crippen molar-refractivity contribution in [3.63, 3.8) is 0 Å². The van der Waals surface area contributed by atoms with Gasteiger partial charge in [0.05, 0.1) is 0 Å². The summed E-state index contributed by atoms with van der Waals surface area (Å²) in [4.78, 5) is 12.0. The molecule has 2 nitrogen and oxygen atoms in total. The number of carbonyl (C=O) groups is 1. The Kier molecular flexibility index (Phi) is 7.41. The predicted molar refractivity (Wildman–Crippen MR) is 86.3 cm³/mol. The average Bonchev–Trinajstić information content (AvgIpc) is 2.45.